The zero-order chi connectivity index (χ0) is 26.2. The van der Waals surface area contributed by atoms with E-state index in [0.29, 0.717) is 18.7 Å². The van der Waals surface area contributed by atoms with E-state index in [0.717, 1.165) is 21.6 Å². The van der Waals surface area contributed by atoms with Gasteiger partial charge in [-0.05, 0) is 47.2 Å². The number of likely N-dealkylation sites (tertiary alicyclic amines) is 1. The van der Waals surface area contributed by atoms with Gasteiger partial charge < -0.3 is 15.0 Å². The fourth-order valence-electron chi connectivity index (χ4n) is 5.07. The van der Waals surface area contributed by atoms with Gasteiger partial charge in [0, 0.05) is 30.9 Å². The van der Waals surface area contributed by atoms with Crippen molar-refractivity contribution < 1.29 is 14.3 Å². The number of thiophene rings is 1. The van der Waals surface area contributed by atoms with E-state index < -0.39 is 17.6 Å². The number of hydrogen-bond acceptors (Lipinski definition) is 6. The van der Waals surface area contributed by atoms with E-state index in [2.05, 4.69) is 11.4 Å². The standard InChI is InChI=1S/C28H27N5O3S/c1-28(23-12-21(17-37-23)20-10-6-9-19(11-20)13-29)24(25(34)32(2)26(30)31-28)22-14-33(15-22)27(35)36-16-18-7-4-3-5-8-18/h3-12,17,22,24H,14-16H2,1-2H3,(H2,30,31)/t24-,28-/m1/s1. The molecular weight excluding hydrogens is 486 g/mol. The summed E-state index contributed by atoms with van der Waals surface area (Å²) in [6.07, 6.45) is -0.394. The average molecular weight is 514 g/mol. The Hall–Kier alpha value is -4.16. The van der Waals surface area contributed by atoms with Crippen LogP contribution in [0.4, 0.5) is 4.79 Å². The number of carbonyl (C=O) groups excluding carboxylic acids is 2. The van der Waals surface area contributed by atoms with Crippen LogP contribution in [0.3, 0.4) is 0 Å². The summed E-state index contributed by atoms with van der Waals surface area (Å²) in [5.74, 6) is -0.655. The highest BCUT2D eigenvalue weighted by molar-refractivity contribution is 7.10. The van der Waals surface area contributed by atoms with Crippen molar-refractivity contribution in [2.24, 2.45) is 11.8 Å². The van der Waals surface area contributed by atoms with Crippen molar-refractivity contribution in [1.82, 2.24) is 15.1 Å². The van der Waals surface area contributed by atoms with E-state index in [1.54, 1.807) is 18.0 Å². The van der Waals surface area contributed by atoms with Crippen molar-refractivity contribution in [3.8, 4) is 17.2 Å². The fraction of sp³-hybridized carbons (Fsp3) is 0.286. The van der Waals surface area contributed by atoms with Crippen LogP contribution in [0.15, 0.2) is 66.0 Å². The number of nitriles is 1. The second-order valence-corrected chi connectivity index (χ2v) is 10.6. The van der Waals surface area contributed by atoms with Gasteiger partial charge in [0.05, 0.1) is 23.1 Å². The van der Waals surface area contributed by atoms with Crippen molar-refractivity contribution in [3.05, 3.63) is 82.0 Å². The molecule has 8 nitrogen and oxygen atoms in total. The van der Waals surface area contributed by atoms with Gasteiger partial charge in [-0.2, -0.15) is 5.26 Å². The molecule has 1 aromatic heterocycles. The Morgan fingerprint density at radius 3 is 2.68 bits per heavy atom. The second-order valence-electron chi connectivity index (χ2n) is 9.65. The predicted octanol–water partition coefficient (Wildman–Crippen LogP) is 4.38. The molecule has 2 aliphatic heterocycles. The van der Waals surface area contributed by atoms with E-state index in [4.69, 9.17) is 10.1 Å². The Morgan fingerprint density at radius 2 is 1.95 bits per heavy atom. The Bertz CT molecular complexity index is 1390. The molecule has 0 spiro atoms. The minimum absolute atomic E-state index is 0.0450. The van der Waals surface area contributed by atoms with Crippen molar-refractivity contribution in [2.45, 2.75) is 19.1 Å². The summed E-state index contributed by atoms with van der Waals surface area (Å²) in [6.45, 7) is 2.97. The minimum Gasteiger partial charge on any atom is -0.445 e. The molecule has 2 fully saturated rings. The number of hydrogen-bond donors (Lipinski definition) is 2. The molecule has 3 aromatic rings. The molecule has 2 aromatic carbocycles. The Morgan fingerprint density at radius 1 is 1.19 bits per heavy atom. The monoisotopic (exact) mass is 513 g/mol. The first kappa shape index (κ1) is 24.5. The maximum Gasteiger partial charge on any atom is 0.410 e. The number of benzene rings is 2. The van der Waals surface area contributed by atoms with Crippen molar-refractivity contribution in [1.29, 1.82) is 10.7 Å². The van der Waals surface area contributed by atoms with Crippen LogP contribution >= 0.6 is 11.3 Å². The lowest BCUT2D eigenvalue weighted by Gasteiger charge is -2.52. The van der Waals surface area contributed by atoms with Crippen LogP contribution in [0.2, 0.25) is 0 Å². The summed E-state index contributed by atoms with van der Waals surface area (Å²) in [5, 5.41) is 22.9. The zero-order valence-electron chi connectivity index (χ0n) is 20.6. The van der Waals surface area contributed by atoms with Gasteiger partial charge in [0.1, 0.15) is 6.61 Å². The molecule has 3 heterocycles. The van der Waals surface area contributed by atoms with Gasteiger partial charge in [-0.25, -0.2) is 4.79 Å². The lowest BCUT2D eigenvalue weighted by molar-refractivity contribution is -0.141. The maximum absolute atomic E-state index is 13.5. The molecule has 0 unspecified atom stereocenters. The molecule has 37 heavy (non-hydrogen) atoms. The smallest absolute Gasteiger partial charge is 0.410 e. The number of nitrogens with zero attached hydrogens (tertiary/aromatic N) is 3. The number of ether oxygens (including phenoxy) is 1. The van der Waals surface area contributed by atoms with Crippen molar-refractivity contribution in [2.75, 3.05) is 20.1 Å². The molecular formula is C28H27N5O3S. The van der Waals surface area contributed by atoms with Crippen LogP contribution in [0.25, 0.3) is 11.1 Å². The van der Waals surface area contributed by atoms with Gasteiger partial charge in [-0.15, -0.1) is 11.3 Å². The molecule has 2 saturated heterocycles. The molecule has 2 amide bonds. The van der Waals surface area contributed by atoms with Crippen LogP contribution in [-0.4, -0.2) is 47.9 Å². The van der Waals surface area contributed by atoms with Crippen LogP contribution in [-0.2, 0) is 21.7 Å². The topological polar surface area (TPSA) is 110 Å². The summed E-state index contributed by atoms with van der Waals surface area (Å²) < 4.78 is 5.46. The van der Waals surface area contributed by atoms with Crippen molar-refractivity contribution >= 4 is 29.3 Å². The average Bonchev–Trinajstić information content (AvgIpc) is 3.39. The van der Waals surface area contributed by atoms with Crippen molar-refractivity contribution in [3.63, 3.8) is 0 Å². The lowest BCUT2D eigenvalue weighted by atomic mass is 9.70. The van der Waals surface area contributed by atoms with Crippen LogP contribution in [0.5, 0.6) is 0 Å². The van der Waals surface area contributed by atoms with E-state index in [1.807, 2.05) is 66.9 Å². The maximum atomic E-state index is 13.5. The predicted molar refractivity (Wildman–Crippen MR) is 141 cm³/mol. The molecule has 2 N–H and O–H groups in total. The Labute approximate surface area is 219 Å². The highest BCUT2D eigenvalue weighted by Gasteiger charge is 2.55. The van der Waals surface area contributed by atoms with Gasteiger partial charge in [-0.1, -0.05) is 42.5 Å². The first-order valence-corrected chi connectivity index (χ1v) is 12.9. The number of amides is 2. The molecule has 0 bridgehead atoms. The summed E-state index contributed by atoms with van der Waals surface area (Å²) in [4.78, 5) is 30.0. The first-order chi connectivity index (χ1) is 17.8. The molecule has 0 saturated carbocycles. The highest BCUT2D eigenvalue weighted by atomic mass is 32.1. The number of nitrogens with one attached hydrogen (secondary N) is 2. The quantitative estimate of drug-likeness (QED) is 0.526. The molecule has 9 heteroatoms. The van der Waals surface area contributed by atoms with E-state index >= 15 is 0 Å². The second kappa shape index (κ2) is 9.71. The summed E-state index contributed by atoms with van der Waals surface area (Å²) >= 11 is 1.52. The molecule has 0 aliphatic carbocycles. The summed E-state index contributed by atoms with van der Waals surface area (Å²) in [7, 11) is 1.60. The highest BCUT2D eigenvalue weighted by Crippen LogP contribution is 2.45. The Balaban J connectivity index is 1.34. The van der Waals surface area contributed by atoms with Gasteiger partial charge in [0.25, 0.3) is 0 Å². The molecule has 2 atom stereocenters. The molecule has 2 aliphatic rings. The third-order valence-corrected chi connectivity index (χ3v) is 8.38. The number of rotatable bonds is 5. The first-order valence-electron chi connectivity index (χ1n) is 12.0. The molecule has 0 radical (unpaired) electrons. The largest absolute Gasteiger partial charge is 0.445 e. The van der Waals surface area contributed by atoms with Gasteiger partial charge in [0.2, 0.25) is 5.91 Å². The van der Waals surface area contributed by atoms with Crippen LogP contribution in [0.1, 0.15) is 22.9 Å². The van der Waals surface area contributed by atoms with E-state index in [-0.39, 0.29) is 24.4 Å². The van der Waals surface area contributed by atoms with E-state index in [1.165, 1.54) is 16.2 Å². The van der Waals surface area contributed by atoms with Gasteiger partial charge in [-0.3, -0.25) is 15.1 Å². The normalized spacial score (nSPS) is 21.7. The number of carbonyl (C=O) groups is 2. The van der Waals surface area contributed by atoms with E-state index in [9.17, 15) is 14.9 Å². The summed E-state index contributed by atoms with van der Waals surface area (Å²) in [5.41, 5.74) is 2.56. The molecule has 5 rings (SSSR count). The summed E-state index contributed by atoms with van der Waals surface area (Å²) in [6, 6.07) is 21.1. The third-order valence-electron chi connectivity index (χ3n) is 7.21. The lowest BCUT2D eigenvalue weighted by Crippen LogP contribution is -2.69. The molecule has 188 valence electrons. The fourth-order valence-corrected chi connectivity index (χ4v) is 6.15. The Kier molecular flexibility index (Phi) is 6.44. The number of guanidine groups is 1. The van der Waals surface area contributed by atoms with Gasteiger partial charge in [0.15, 0.2) is 5.96 Å². The minimum atomic E-state index is -0.818. The van der Waals surface area contributed by atoms with Gasteiger partial charge >= 0.3 is 6.09 Å². The van der Waals surface area contributed by atoms with Crippen LogP contribution < -0.4 is 5.32 Å². The third kappa shape index (κ3) is 4.56. The SMILES string of the molecule is CN1C(=N)N[C@](C)(c2cc(-c3cccc(C#N)c3)cs2)[C@H](C2CN(C(=O)OCc3ccccc3)C2)C1=O. The van der Waals surface area contributed by atoms with Crippen LogP contribution in [0, 0.1) is 28.6 Å². The zero-order valence-corrected chi connectivity index (χ0v) is 21.4.